The molecule has 0 saturated heterocycles. The highest BCUT2D eigenvalue weighted by Gasteiger charge is 2.29. The zero-order valence-electron chi connectivity index (χ0n) is 13.1. The van der Waals surface area contributed by atoms with Crippen LogP contribution in [-0.4, -0.2) is 34.6 Å². The number of aliphatic carboxylic acids is 1. The van der Waals surface area contributed by atoms with E-state index in [1.165, 1.54) is 32.1 Å². The zero-order chi connectivity index (χ0) is 14.4. The van der Waals surface area contributed by atoms with Crippen molar-refractivity contribution < 1.29 is 9.90 Å². The SMILES string of the molecule is CCN(C(C)CC(=O)O)C1CCCC(CC(C)C)C1. The van der Waals surface area contributed by atoms with E-state index in [2.05, 4.69) is 32.6 Å². The van der Waals surface area contributed by atoms with Crippen LogP contribution in [0.2, 0.25) is 0 Å². The van der Waals surface area contributed by atoms with Crippen LogP contribution in [0.3, 0.4) is 0 Å². The van der Waals surface area contributed by atoms with E-state index < -0.39 is 5.97 Å². The highest BCUT2D eigenvalue weighted by molar-refractivity contribution is 5.67. The van der Waals surface area contributed by atoms with Crippen LogP contribution < -0.4 is 0 Å². The molecule has 0 aromatic rings. The van der Waals surface area contributed by atoms with Crippen LogP contribution in [0.5, 0.6) is 0 Å². The third-order valence-electron chi connectivity index (χ3n) is 4.43. The van der Waals surface area contributed by atoms with E-state index in [1.54, 1.807) is 0 Å². The van der Waals surface area contributed by atoms with Gasteiger partial charge in [-0.25, -0.2) is 0 Å². The molecular weight excluding hydrogens is 238 g/mol. The number of rotatable bonds is 7. The van der Waals surface area contributed by atoms with Crippen molar-refractivity contribution in [3.05, 3.63) is 0 Å². The van der Waals surface area contributed by atoms with E-state index in [0.717, 1.165) is 18.4 Å². The largest absolute Gasteiger partial charge is 0.481 e. The standard InChI is InChI=1S/C16H31NO2/c1-5-17(13(4)10-16(18)19)15-8-6-7-14(11-15)9-12(2)3/h12-15H,5-11H2,1-4H3,(H,18,19). The van der Waals surface area contributed by atoms with Gasteiger partial charge in [-0.05, 0) is 44.6 Å². The molecule has 1 fully saturated rings. The molecule has 0 radical (unpaired) electrons. The van der Waals surface area contributed by atoms with Crippen molar-refractivity contribution in [2.24, 2.45) is 11.8 Å². The third kappa shape index (κ3) is 5.52. The summed E-state index contributed by atoms with van der Waals surface area (Å²) in [6, 6.07) is 0.752. The predicted octanol–water partition coefficient (Wildman–Crippen LogP) is 3.78. The first-order chi connectivity index (χ1) is 8.93. The number of carboxylic acid groups (broad SMARTS) is 1. The maximum Gasteiger partial charge on any atom is 0.304 e. The van der Waals surface area contributed by atoms with Crippen molar-refractivity contribution in [3.8, 4) is 0 Å². The second kappa shape index (κ2) is 7.88. The number of hydrogen-bond acceptors (Lipinski definition) is 2. The van der Waals surface area contributed by atoms with Gasteiger partial charge in [-0.2, -0.15) is 0 Å². The van der Waals surface area contributed by atoms with Gasteiger partial charge in [0, 0.05) is 12.1 Å². The highest BCUT2D eigenvalue weighted by atomic mass is 16.4. The van der Waals surface area contributed by atoms with Gasteiger partial charge in [0.15, 0.2) is 0 Å². The Kier molecular flexibility index (Phi) is 6.84. The maximum atomic E-state index is 10.9. The number of hydrogen-bond donors (Lipinski definition) is 1. The summed E-state index contributed by atoms with van der Waals surface area (Å²) in [5.74, 6) is 0.931. The van der Waals surface area contributed by atoms with Crippen LogP contribution in [-0.2, 0) is 4.79 Å². The Morgan fingerprint density at radius 2 is 2.00 bits per heavy atom. The topological polar surface area (TPSA) is 40.5 Å². The maximum absolute atomic E-state index is 10.9. The van der Waals surface area contributed by atoms with Gasteiger partial charge in [0.05, 0.1) is 6.42 Å². The van der Waals surface area contributed by atoms with Gasteiger partial charge in [-0.3, -0.25) is 9.69 Å². The molecule has 0 spiro atoms. The summed E-state index contributed by atoms with van der Waals surface area (Å²) in [5, 5.41) is 8.97. The molecular formula is C16H31NO2. The summed E-state index contributed by atoms with van der Waals surface area (Å²) in [6.45, 7) is 9.78. The number of nitrogens with zero attached hydrogens (tertiary/aromatic N) is 1. The molecule has 1 aliphatic carbocycles. The summed E-state index contributed by atoms with van der Waals surface area (Å²) in [6.07, 6.45) is 6.75. The van der Waals surface area contributed by atoms with E-state index in [1.807, 2.05) is 0 Å². The Morgan fingerprint density at radius 1 is 1.32 bits per heavy atom. The fraction of sp³-hybridized carbons (Fsp3) is 0.938. The molecule has 112 valence electrons. The number of carboxylic acids is 1. The summed E-state index contributed by atoms with van der Waals surface area (Å²) in [4.78, 5) is 13.3. The molecule has 3 atom stereocenters. The van der Waals surface area contributed by atoms with Gasteiger partial charge in [0.25, 0.3) is 0 Å². The van der Waals surface area contributed by atoms with E-state index in [9.17, 15) is 4.79 Å². The van der Waals surface area contributed by atoms with Gasteiger partial charge in [-0.15, -0.1) is 0 Å². The number of carbonyl (C=O) groups is 1. The van der Waals surface area contributed by atoms with Gasteiger partial charge in [0.1, 0.15) is 0 Å². The van der Waals surface area contributed by atoms with E-state index in [4.69, 9.17) is 5.11 Å². The molecule has 0 heterocycles. The molecule has 1 saturated carbocycles. The molecule has 19 heavy (non-hydrogen) atoms. The lowest BCUT2D eigenvalue weighted by atomic mass is 9.80. The van der Waals surface area contributed by atoms with Crippen molar-refractivity contribution in [2.75, 3.05) is 6.54 Å². The minimum absolute atomic E-state index is 0.158. The Hall–Kier alpha value is -0.570. The predicted molar refractivity (Wildman–Crippen MR) is 79.3 cm³/mol. The molecule has 3 nitrogen and oxygen atoms in total. The monoisotopic (exact) mass is 269 g/mol. The molecule has 1 N–H and O–H groups in total. The molecule has 0 amide bonds. The fourth-order valence-electron chi connectivity index (χ4n) is 3.74. The smallest absolute Gasteiger partial charge is 0.304 e. The lowest BCUT2D eigenvalue weighted by molar-refractivity contribution is -0.138. The van der Waals surface area contributed by atoms with E-state index in [0.29, 0.717) is 6.04 Å². The minimum Gasteiger partial charge on any atom is -0.481 e. The fourth-order valence-corrected chi connectivity index (χ4v) is 3.74. The van der Waals surface area contributed by atoms with Crippen molar-refractivity contribution in [3.63, 3.8) is 0 Å². The Morgan fingerprint density at radius 3 is 2.53 bits per heavy atom. The molecule has 0 aliphatic heterocycles. The van der Waals surface area contributed by atoms with Crippen molar-refractivity contribution in [1.29, 1.82) is 0 Å². The van der Waals surface area contributed by atoms with Crippen LogP contribution in [0.4, 0.5) is 0 Å². The first kappa shape index (κ1) is 16.5. The van der Waals surface area contributed by atoms with Crippen molar-refractivity contribution >= 4 is 5.97 Å². The van der Waals surface area contributed by atoms with Gasteiger partial charge in [-0.1, -0.05) is 33.6 Å². The normalized spacial score (nSPS) is 25.8. The summed E-state index contributed by atoms with van der Waals surface area (Å²) < 4.78 is 0. The molecule has 0 aromatic carbocycles. The van der Waals surface area contributed by atoms with Crippen LogP contribution >= 0.6 is 0 Å². The molecule has 1 aliphatic rings. The molecule has 1 rings (SSSR count). The summed E-state index contributed by atoms with van der Waals surface area (Å²) in [5.41, 5.74) is 0. The Balaban J connectivity index is 2.57. The minimum atomic E-state index is -0.680. The van der Waals surface area contributed by atoms with Crippen LogP contribution in [0.25, 0.3) is 0 Å². The quantitative estimate of drug-likeness (QED) is 0.764. The lowest BCUT2D eigenvalue weighted by Crippen LogP contribution is -2.45. The average Bonchev–Trinajstić information content (AvgIpc) is 2.28. The zero-order valence-corrected chi connectivity index (χ0v) is 13.1. The molecule has 0 aromatic heterocycles. The second-order valence-corrected chi connectivity index (χ2v) is 6.59. The molecule has 3 heteroatoms. The summed E-state index contributed by atoms with van der Waals surface area (Å²) in [7, 11) is 0. The van der Waals surface area contributed by atoms with Crippen LogP contribution in [0.15, 0.2) is 0 Å². The third-order valence-corrected chi connectivity index (χ3v) is 4.43. The second-order valence-electron chi connectivity index (χ2n) is 6.59. The van der Waals surface area contributed by atoms with E-state index >= 15 is 0 Å². The first-order valence-corrected chi connectivity index (χ1v) is 7.91. The molecule has 0 bridgehead atoms. The first-order valence-electron chi connectivity index (χ1n) is 7.91. The Bertz CT molecular complexity index is 278. The van der Waals surface area contributed by atoms with Gasteiger partial charge in [0.2, 0.25) is 0 Å². The van der Waals surface area contributed by atoms with Gasteiger partial charge < -0.3 is 5.11 Å². The van der Waals surface area contributed by atoms with Crippen molar-refractivity contribution in [2.45, 2.75) is 78.3 Å². The average molecular weight is 269 g/mol. The van der Waals surface area contributed by atoms with Gasteiger partial charge >= 0.3 is 5.97 Å². The van der Waals surface area contributed by atoms with E-state index in [-0.39, 0.29) is 12.5 Å². The lowest BCUT2D eigenvalue weighted by Gasteiger charge is -2.40. The Labute approximate surface area is 118 Å². The van der Waals surface area contributed by atoms with Crippen LogP contribution in [0.1, 0.15) is 66.2 Å². The molecule has 3 unspecified atom stereocenters. The summed E-state index contributed by atoms with van der Waals surface area (Å²) >= 11 is 0. The van der Waals surface area contributed by atoms with Crippen molar-refractivity contribution in [1.82, 2.24) is 4.90 Å². The highest BCUT2D eigenvalue weighted by Crippen LogP contribution is 2.32. The van der Waals surface area contributed by atoms with Crippen LogP contribution in [0, 0.1) is 11.8 Å².